The summed E-state index contributed by atoms with van der Waals surface area (Å²) in [5, 5.41) is 3.46. The van der Waals surface area contributed by atoms with E-state index in [0.717, 1.165) is 19.7 Å². The van der Waals surface area contributed by atoms with Gasteiger partial charge >= 0.3 is 0 Å². The van der Waals surface area contributed by atoms with E-state index in [4.69, 9.17) is 4.74 Å². The largest absolute Gasteiger partial charge is 0.377 e. The molecule has 1 unspecified atom stereocenters. The van der Waals surface area contributed by atoms with Gasteiger partial charge in [-0.3, -0.25) is 0 Å². The van der Waals surface area contributed by atoms with Crippen LogP contribution >= 0.6 is 0 Å². The molecule has 1 N–H and O–H groups in total. The lowest BCUT2D eigenvalue weighted by molar-refractivity contribution is 0.0614. The summed E-state index contributed by atoms with van der Waals surface area (Å²) in [6.45, 7) is 11.1. The summed E-state index contributed by atoms with van der Waals surface area (Å²) in [6, 6.07) is 0. The van der Waals surface area contributed by atoms with E-state index in [-0.39, 0.29) is 0 Å². The lowest BCUT2D eigenvalue weighted by Gasteiger charge is -2.26. The molecule has 1 heterocycles. The fourth-order valence-electron chi connectivity index (χ4n) is 2.37. The molecule has 0 aliphatic carbocycles. The van der Waals surface area contributed by atoms with Gasteiger partial charge in [-0.25, -0.2) is 0 Å². The van der Waals surface area contributed by atoms with E-state index >= 15 is 0 Å². The molecule has 0 spiro atoms. The third kappa shape index (κ3) is 7.74. The van der Waals surface area contributed by atoms with Gasteiger partial charge in [-0.1, -0.05) is 19.8 Å². The van der Waals surface area contributed by atoms with Gasteiger partial charge < -0.3 is 15.0 Å². The second-order valence-corrected chi connectivity index (χ2v) is 5.12. The predicted molar refractivity (Wildman–Crippen MR) is 73.5 cm³/mol. The molecule has 0 radical (unpaired) electrons. The molecule has 1 aliphatic heterocycles. The van der Waals surface area contributed by atoms with Crippen molar-refractivity contribution < 1.29 is 4.74 Å². The van der Waals surface area contributed by atoms with Crippen molar-refractivity contribution in [1.29, 1.82) is 0 Å². The van der Waals surface area contributed by atoms with Crippen LogP contribution in [0.15, 0.2) is 0 Å². The van der Waals surface area contributed by atoms with Crippen LogP contribution in [0.25, 0.3) is 0 Å². The van der Waals surface area contributed by atoms with Crippen LogP contribution in [0.4, 0.5) is 0 Å². The minimum atomic E-state index is 0.420. The Morgan fingerprint density at radius 3 is 2.65 bits per heavy atom. The van der Waals surface area contributed by atoms with Crippen molar-refractivity contribution >= 4 is 0 Å². The Balaban J connectivity index is 1.83. The second-order valence-electron chi connectivity index (χ2n) is 5.12. The van der Waals surface area contributed by atoms with Gasteiger partial charge in [0.25, 0.3) is 0 Å². The molecule has 102 valence electrons. The number of nitrogens with one attached hydrogen (secondary N) is 1. The van der Waals surface area contributed by atoms with Gasteiger partial charge in [-0.15, -0.1) is 0 Å². The monoisotopic (exact) mass is 242 g/mol. The van der Waals surface area contributed by atoms with Crippen LogP contribution in [0, 0.1) is 0 Å². The molecule has 3 heteroatoms. The Bertz CT molecular complexity index is 170. The molecule has 0 aromatic rings. The third-order valence-electron chi connectivity index (χ3n) is 3.43. The van der Waals surface area contributed by atoms with Gasteiger partial charge in [0, 0.05) is 19.6 Å². The number of piperidine rings is 1. The highest BCUT2D eigenvalue weighted by molar-refractivity contribution is 4.65. The Morgan fingerprint density at radius 1 is 1.18 bits per heavy atom. The van der Waals surface area contributed by atoms with E-state index in [1.165, 1.54) is 51.7 Å². The van der Waals surface area contributed by atoms with Gasteiger partial charge in [0.15, 0.2) is 0 Å². The summed E-state index contributed by atoms with van der Waals surface area (Å²) in [5.74, 6) is 0. The van der Waals surface area contributed by atoms with Crippen LogP contribution in [0.1, 0.15) is 46.0 Å². The summed E-state index contributed by atoms with van der Waals surface area (Å²) >= 11 is 0. The lowest BCUT2D eigenvalue weighted by atomic mass is 10.1. The zero-order valence-electron chi connectivity index (χ0n) is 11.7. The van der Waals surface area contributed by atoms with Gasteiger partial charge in [-0.2, -0.15) is 0 Å². The van der Waals surface area contributed by atoms with Crippen molar-refractivity contribution in [2.75, 3.05) is 39.3 Å². The molecule has 1 fully saturated rings. The minimum Gasteiger partial charge on any atom is -0.377 e. The van der Waals surface area contributed by atoms with Gasteiger partial charge in [0.05, 0.1) is 12.7 Å². The Kier molecular flexibility index (Phi) is 8.67. The molecule has 0 aromatic heterocycles. The van der Waals surface area contributed by atoms with Crippen molar-refractivity contribution in [1.82, 2.24) is 10.2 Å². The molecular weight excluding hydrogens is 212 g/mol. The van der Waals surface area contributed by atoms with Gasteiger partial charge in [0.1, 0.15) is 0 Å². The van der Waals surface area contributed by atoms with Crippen LogP contribution in [0.5, 0.6) is 0 Å². The van der Waals surface area contributed by atoms with Crippen molar-refractivity contribution in [3.8, 4) is 0 Å². The topological polar surface area (TPSA) is 24.5 Å². The summed E-state index contributed by atoms with van der Waals surface area (Å²) in [7, 11) is 0. The van der Waals surface area contributed by atoms with Crippen LogP contribution < -0.4 is 5.32 Å². The molecule has 0 bridgehead atoms. The van der Waals surface area contributed by atoms with E-state index in [2.05, 4.69) is 24.1 Å². The van der Waals surface area contributed by atoms with Crippen molar-refractivity contribution in [2.24, 2.45) is 0 Å². The average molecular weight is 242 g/mol. The predicted octanol–water partition coefficient (Wildman–Crippen LogP) is 2.27. The van der Waals surface area contributed by atoms with Crippen molar-refractivity contribution in [2.45, 2.75) is 52.1 Å². The average Bonchev–Trinajstić information content (AvgIpc) is 2.35. The standard InChI is InChI=1S/C14H30N2O/c1-3-7-14(2)17-13-9-15-8-12-16-10-5-4-6-11-16/h14-15H,3-13H2,1-2H3. The van der Waals surface area contributed by atoms with Crippen LogP contribution in [-0.2, 0) is 4.74 Å². The van der Waals surface area contributed by atoms with Crippen molar-refractivity contribution in [3.63, 3.8) is 0 Å². The SMILES string of the molecule is CCCC(C)OCCNCCN1CCCCC1. The normalized spacial score (nSPS) is 19.4. The highest BCUT2D eigenvalue weighted by Gasteiger charge is 2.08. The zero-order valence-corrected chi connectivity index (χ0v) is 11.7. The first-order chi connectivity index (χ1) is 8.33. The Hall–Kier alpha value is -0.120. The molecule has 0 amide bonds. The first kappa shape index (κ1) is 14.9. The number of hydrogen-bond acceptors (Lipinski definition) is 3. The molecule has 0 saturated carbocycles. The number of rotatable bonds is 9. The summed E-state index contributed by atoms with van der Waals surface area (Å²) in [5.41, 5.74) is 0. The minimum absolute atomic E-state index is 0.420. The van der Waals surface area contributed by atoms with Crippen LogP contribution in [-0.4, -0.2) is 50.3 Å². The second kappa shape index (κ2) is 9.86. The zero-order chi connectivity index (χ0) is 12.3. The molecule has 17 heavy (non-hydrogen) atoms. The maximum Gasteiger partial charge on any atom is 0.0594 e. The van der Waals surface area contributed by atoms with Crippen LogP contribution in [0.2, 0.25) is 0 Å². The smallest absolute Gasteiger partial charge is 0.0594 e. The Morgan fingerprint density at radius 2 is 1.94 bits per heavy atom. The van der Waals surface area contributed by atoms with Gasteiger partial charge in [0.2, 0.25) is 0 Å². The molecule has 1 aliphatic rings. The highest BCUT2D eigenvalue weighted by Crippen LogP contribution is 2.07. The fourth-order valence-corrected chi connectivity index (χ4v) is 2.37. The third-order valence-corrected chi connectivity index (χ3v) is 3.43. The van der Waals surface area contributed by atoms with Crippen molar-refractivity contribution in [3.05, 3.63) is 0 Å². The fraction of sp³-hybridized carbons (Fsp3) is 1.00. The molecule has 1 atom stereocenters. The molecular formula is C14H30N2O. The molecule has 1 rings (SSSR count). The number of ether oxygens (including phenoxy) is 1. The maximum atomic E-state index is 5.70. The summed E-state index contributed by atoms with van der Waals surface area (Å²) in [4.78, 5) is 2.57. The first-order valence-electron chi connectivity index (χ1n) is 7.37. The van der Waals surface area contributed by atoms with Crippen LogP contribution in [0.3, 0.4) is 0 Å². The number of nitrogens with zero attached hydrogens (tertiary/aromatic N) is 1. The molecule has 3 nitrogen and oxygen atoms in total. The first-order valence-corrected chi connectivity index (χ1v) is 7.37. The summed E-state index contributed by atoms with van der Waals surface area (Å²) < 4.78 is 5.70. The molecule has 0 aromatic carbocycles. The van der Waals surface area contributed by atoms with E-state index in [9.17, 15) is 0 Å². The highest BCUT2D eigenvalue weighted by atomic mass is 16.5. The van der Waals surface area contributed by atoms with Gasteiger partial charge in [-0.05, 0) is 39.3 Å². The lowest BCUT2D eigenvalue weighted by Crippen LogP contribution is -2.36. The number of hydrogen-bond donors (Lipinski definition) is 1. The summed E-state index contributed by atoms with van der Waals surface area (Å²) in [6.07, 6.45) is 7.00. The molecule has 1 saturated heterocycles. The number of likely N-dealkylation sites (tertiary alicyclic amines) is 1. The van der Waals surface area contributed by atoms with E-state index < -0.39 is 0 Å². The maximum absolute atomic E-state index is 5.70. The Labute approximate surface area is 107 Å². The van der Waals surface area contributed by atoms with E-state index in [1.54, 1.807) is 0 Å². The van der Waals surface area contributed by atoms with E-state index in [0.29, 0.717) is 6.10 Å². The van der Waals surface area contributed by atoms with E-state index in [1.807, 2.05) is 0 Å². The quantitative estimate of drug-likeness (QED) is 0.628.